The van der Waals surface area contributed by atoms with Crippen LogP contribution in [0.2, 0.25) is 0 Å². The highest BCUT2D eigenvalue weighted by atomic mass is 16.2. The van der Waals surface area contributed by atoms with Gasteiger partial charge >= 0.3 is 6.03 Å². The first kappa shape index (κ1) is 18.8. The number of carbonyl (C=O) groups excluding carboxylic acids is 1. The van der Waals surface area contributed by atoms with Gasteiger partial charge in [-0.15, -0.1) is 0 Å². The maximum atomic E-state index is 12.7. The van der Waals surface area contributed by atoms with E-state index in [-0.39, 0.29) is 6.03 Å². The number of benzene rings is 1. The Labute approximate surface area is 164 Å². The van der Waals surface area contributed by atoms with E-state index >= 15 is 0 Å². The first-order valence-corrected chi connectivity index (χ1v) is 11.1. The average Bonchev–Trinajstić information content (AvgIpc) is 2.65. The van der Waals surface area contributed by atoms with Crippen molar-refractivity contribution < 1.29 is 9.69 Å². The monoisotopic (exact) mass is 370 g/mol. The van der Waals surface area contributed by atoms with Crippen LogP contribution < -0.4 is 15.5 Å². The lowest BCUT2D eigenvalue weighted by Gasteiger charge is -2.50. The molecule has 3 aliphatic rings. The van der Waals surface area contributed by atoms with Gasteiger partial charge < -0.3 is 15.5 Å². The third kappa shape index (κ3) is 4.16. The van der Waals surface area contributed by atoms with Crippen molar-refractivity contribution in [3.63, 3.8) is 0 Å². The zero-order valence-corrected chi connectivity index (χ0v) is 17.0. The van der Waals surface area contributed by atoms with E-state index in [2.05, 4.69) is 36.6 Å². The second-order valence-electron chi connectivity index (χ2n) is 9.19. The molecule has 2 saturated heterocycles. The summed E-state index contributed by atoms with van der Waals surface area (Å²) in [5, 5.41) is 6.42. The fourth-order valence-electron chi connectivity index (χ4n) is 6.14. The number of piperidine rings is 2. The van der Waals surface area contributed by atoms with Crippen molar-refractivity contribution in [2.24, 2.45) is 0 Å². The summed E-state index contributed by atoms with van der Waals surface area (Å²) in [6.07, 6.45) is 13.5. The number of quaternary nitrogens is 1. The minimum Gasteiger partial charge on any atom is -0.335 e. The summed E-state index contributed by atoms with van der Waals surface area (Å²) < 4.78 is 0. The molecule has 1 aromatic rings. The normalized spacial score (nSPS) is 31.3. The quantitative estimate of drug-likeness (QED) is 0.746. The van der Waals surface area contributed by atoms with Crippen molar-refractivity contribution in [1.29, 1.82) is 0 Å². The number of amides is 2. The van der Waals surface area contributed by atoms with E-state index in [1.54, 1.807) is 0 Å². The topological polar surface area (TPSA) is 45.6 Å². The highest BCUT2D eigenvalue weighted by Gasteiger charge is 2.45. The van der Waals surface area contributed by atoms with Crippen LogP contribution in [0, 0.1) is 13.8 Å². The lowest BCUT2D eigenvalue weighted by molar-refractivity contribution is -0.984. The van der Waals surface area contributed by atoms with Crippen molar-refractivity contribution in [3.8, 4) is 0 Å². The van der Waals surface area contributed by atoms with Gasteiger partial charge in [-0.1, -0.05) is 24.6 Å². The van der Waals surface area contributed by atoms with Gasteiger partial charge in [0.05, 0.1) is 18.1 Å². The first-order valence-electron chi connectivity index (χ1n) is 11.1. The molecular weight excluding hydrogens is 334 g/mol. The van der Waals surface area contributed by atoms with Crippen molar-refractivity contribution in [2.75, 3.05) is 5.32 Å². The third-order valence-electron chi connectivity index (χ3n) is 7.32. The lowest BCUT2D eigenvalue weighted by atomic mass is 9.78. The molecule has 2 amide bonds. The number of anilines is 1. The Hall–Kier alpha value is -1.55. The zero-order chi connectivity index (χ0) is 18.8. The smallest absolute Gasteiger partial charge is 0.319 e. The molecule has 0 radical (unpaired) electrons. The summed E-state index contributed by atoms with van der Waals surface area (Å²) in [7, 11) is 0. The second kappa shape index (κ2) is 8.22. The van der Waals surface area contributed by atoms with Gasteiger partial charge in [0.25, 0.3) is 0 Å². The van der Waals surface area contributed by atoms with Crippen LogP contribution in [0.25, 0.3) is 0 Å². The Kier molecular flexibility index (Phi) is 5.72. The number of urea groups is 1. The molecule has 2 heterocycles. The van der Waals surface area contributed by atoms with E-state index < -0.39 is 0 Å². The summed E-state index contributed by atoms with van der Waals surface area (Å²) in [5.41, 5.74) is 3.21. The number of hydrogen-bond acceptors (Lipinski definition) is 1. The molecule has 3 fully saturated rings. The fraction of sp³-hybridized carbons (Fsp3) is 0.696. The zero-order valence-electron chi connectivity index (χ0n) is 17.0. The number of para-hydroxylation sites is 1. The third-order valence-corrected chi connectivity index (χ3v) is 7.32. The first-order chi connectivity index (χ1) is 13.1. The Bertz CT molecular complexity index is 633. The van der Waals surface area contributed by atoms with Gasteiger partial charge in [0.1, 0.15) is 0 Å². The van der Waals surface area contributed by atoms with E-state index in [0.717, 1.165) is 47.8 Å². The van der Waals surface area contributed by atoms with Gasteiger partial charge in [-0.05, 0) is 69.9 Å². The number of rotatable bonds is 3. The van der Waals surface area contributed by atoms with Gasteiger partial charge in [0.2, 0.25) is 0 Å². The Morgan fingerprint density at radius 3 is 2.11 bits per heavy atom. The molecule has 1 aromatic carbocycles. The number of aryl methyl sites for hydroxylation is 2. The SMILES string of the molecule is Cc1cccc(C)c1NC(=O)NC1C[C@H]2CCC[C@@H](C1)[NH+]2C1CCCCC1. The van der Waals surface area contributed by atoms with Gasteiger partial charge in [-0.3, -0.25) is 0 Å². The molecule has 4 atom stereocenters. The van der Waals surface area contributed by atoms with Crippen LogP contribution >= 0.6 is 0 Å². The minimum atomic E-state index is -0.0309. The maximum absolute atomic E-state index is 12.7. The second-order valence-corrected chi connectivity index (χ2v) is 9.19. The molecule has 1 saturated carbocycles. The van der Waals surface area contributed by atoms with Crippen molar-refractivity contribution >= 4 is 11.7 Å². The molecule has 0 spiro atoms. The van der Waals surface area contributed by atoms with E-state index in [9.17, 15) is 4.79 Å². The Morgan fingerprint density at radius 1 is 0.889 bits per heavy atom. The van der Waals surface area contributed by atoms with Crippen LogP contribution in [0.1, 0.15) is 75.3 Å². The number of fused-ring (bicyclic) bond motifs is 2. The molecule has 3 N–H and O–H groups in total. The van der Waals surface area contributed by atoms with Crippen molar-refractivity contribution in [2.45, 2.75) is 102 Å². The van der Waals surface area contributed by atoms with Crippen LogP contribution in [0.4, 0.5) is 10.5 Å². The molecule has 2 aliphatic heterocycles. The molecule has 4 heteroatoms. The molecule has 0 aromatic heterocycles. The van der Waals surface area contributed by atoms with E-state index in [1.807, 2.05) is 11.0 Å². The highest BCUT2D eigenvalue weighted by Crippen LogP contribution is 2.26. The predicted molar refractivity (Wildman–Crippen MR) is 110 cm³/mol. The maximum Gasteiger partial charge on any atom is 0.319 e. The van der Waals surface area contributed by atoms with Crippen LogP contribution in [0.3, 0.4) is 0 Å². The minimum absolute atomic E-state index is 0.0309. The molecule has 2 unspecified atom stereocenters. The van der Waals surface area contributed by atoms with Gasteiger partial charge in [-0.25, -0.2) is 4.79 Å². The molecule has 4 nitrogen and oxygen atoms in total. The lowest BCUT2D eigenvalue weighted by Crippen LogP contribution is -3.24. The summed E-state index contributed by atoms with van der Waals surface area (Å²) >= 11 is 0. The number of hydrogen-bond donors (Lipinski definition) is 3. The van der Waals surface area contributed by atoms with E-state index in [0.29, 0.717) is 6.04 Å². The molecule has 2 bridgehead atoms. The van der Waals surface area contributed by atoms with Crippen molar-refractivity contribution in [3.05, 3.63) is 29.3 Å². The van der Waals surface area contributed by atoms with E-state index in [1.165, 1.54) is 51.4 Å². The predicted octanol–water partition coefficient (Wildman–Crippen LogP) is 3.73. The van der Waals surface area contributed by atoms with E-state index in [4.69, 9.17) is 0 Å². The standard InChI is InChI=1S/C23H35N3O/c1-16-8-6-9-17(2)22(16)25-23(27)24-18-14-20-12-7-13-21(15-18)26(20)19-10-4-3-5-11-19/h6,8-9,18-21H,3-5,7,10-15H2,1-2H3,(H2,24,25,27)/p+1/t18?,20-,21+. The molecule has 4 rings (SSSR count). The largest absolute Gasteiger partial charge is 0.335 e. The Morgan fingerprint density at radius 2 is 1.48 bits per heavy atom. The summed E-state index contributed by atoms with van der Waals surface area (Å²) in [4.78, 5) is 14.6. The van der Waals surface area contributed by atoms with Crippen LogP contribution in [-0.2, 0) is 0 Å². The molecule has 1 aliphatic carbocycles. The number of carbonyl (C=O) groups is 1. The molecule has 148 valence electrons. The summed E-state index contributed by atoms with van der Waals surface area (Å²) in [6.45, 7) is 4.11. The van der Waals surface area contributed by atoms with Gasteiger partial charge in [-0.2, -0.15) is 0 Å². The van der Waals surface area contributed by atoms with Crippen LogP contribution in [-0.4, -0.2) is 30.2 Å². The Balaban J connectivity index is 1.38. The molecular formula is C23H36N3O+. The van der Waals surface area contributed by atoms with Crippen molar-refractivity contribution in [1.82, 2.24) is 5.32 Å². The summed E-state index contributed by atoms with van der Waals surface area (Å²) in [6, 6.07) is 8.85. The fourth-order valence-corrected chi connectivity index (χ4v) is 6.14. The van der Waals surface area contributed by atoms with Gasteiger partial charge in [0.15, 0.2) is 0 Å². The van der Waals surface area contributed by atoms with Crippen LogP contribution in [0.15, 0.2) is 18.2 Å². The summed E-state index contributed by atoms with van der Waals surface area (Å²) in [5.74, 6) is 0. The van der Waals surface area contributed by atoms with Gasteiger partial charge in [0, 0.05) is 24.6 Å². The average molecular weight is 371 g/mol. The highest BCUT2D eigenvalue weighted by molar-refractivity contribution is 5.91. The number of nitrogens with one attached hydrogen (secondary N) is 3. The molecule has 27 heavy (non-hydrogen) atoms. The van der Waals surface area contributed by atoms with Crippen LogP contribution in [0.5, 0.6) is 0 Å².